The first-order chi connectivity index (χ1) is 20.3. The van der Waals surface area contributed by atoms with Crippen molar-refractivity contribution in [3.8, 4) is 11.1 Å². The Morgan fingerprint density at radius 1 is 1.19 bits per heavy atom. The maximum atomic E-state index is 14.1. The SMILES string of the molecule is C=CC(=O)N1CCN(c2nc(=O)n3c4c(c(-c5cccc6cnn(C)c56)c(C)cc24)SCC3CN2CCC(F)C2)CC1. The molecule has 5 heterocycles. The zero-order chi connectivity index (χ0) is 29.1. The van der Waals surface area contributed by atoms with Crippen molar-refractivity contribution in [3.63, 3.8) is 0 Å². The highest BCUT2D eigenvalue weighted by molar-refractivity contribution is 7.99. The number of amides is 1. The zero-order valence-electron chi connectivity index (χ0n) is 23.9. The van der Waals surface area contributed by atoms with Crippen LogP contribution in [0.2, 0.25) is 0 Å². The average Bonchev–Trinajstić information content (AvgIpc) is 3.59. The monoisotopic (exact) mass is 587 g/mol. The summed E-state index contributed by atoms with van der Waals surface area (Å²) in [4.78, 5) is 38.0. The summed E-state index contributed by atoms with van der Waals surface area (Å²) < 4.78 is 17.9. The Hall–Kier alpha value is -3.70. The first kappa shape index (κ1) is 27.2. The summed E-state index contributed by atoms with van der Waals surface area (Å²) >= 11 is 1.78. The van der Waals surface area contributed by atoms with E-state index in [1.165, 1.54) is 6.08 Å². The molecule has 0 radical (unpaired) electrons. The van der Waals surface area contributed by atoms with Crippen molar-refractivity contribution in [2.45, 2.75) is 30.5 Å². The summed E-state index contributed by atoms with van der Waals surface area (Å²) in [6.07, 6.45) is 2.95. The largest absolute Gasteiger partial charge is 0.352 e. The number of para-hydroxylation sites is 1. The van der Waals surface area contributed by atoms with Gasteiger partial charge < -0.3 is 9.80 Å². The lowest BCUT2D eigenvalue weighted by molar-refractivity contribution is -0.126. The minimum absolute atomic E-state index is 0.0823. The number of fused-ring (bicyclic) bond motifs is 1. The predicted octanol–water partition coefficient (Wildman–Crippen LogP) is 3.78. The number of anilines is 1. The highest BCUT2D eigenvalue weighted by Crippen LogP contribution is 2.47. The molecule has 1 amide bonds. The molecular formula is C31H34FN7O2S. The van der Waals surface area contributed by atoms with E-state index < -0.39 is 6.17 Å². The Morgan fingerprint density at radius 3 is 2.74 bits per heavy atom. The fourth-order valence-corrected chi connectivity index (χ4v) is 8.26. The molecular weight excluding hydrogens is 553 g/mol. The number of carbonyl (C=O) groups is 1. The summed E-state index contributed by atoms with van der Waals surface area (Å²) in [5.74, 6) is 1.29. The molecule has 2 aromatic carbocycles. The van der Waals surface area contributed by atoms with Crippen LogP contribution in [0.25, 0.3) is 32.9 Å². The predicted molar refractivity (Wildman–Crippen MR) is 165 cm³/mol. The second-order valence-electron chi connectivity index (χ2n) is 11.5. The van der Waals surface area contributed by atoms with Gasteiger partial charge >= 0.3 is 5.69 Å². The van der Waals surface area contributed by atoms with Crippen LogP contribution in [-0.2, 0) is 11.8 Å². The van der Waals surface area contributed by atoms with E-state index in [-0.39, 0.29) is 17.6 Å². The molecule has 2 fully saturated rings. The number of hydrogen-bond acceptors (Lipinski definition) is 7. The van der Waals surface area contributed by atoms with Crippen LogP contribution in [0, 0.1) is 6.92 Å². The zero-order valence-corrected chi connectivity index (χ0v) is 24.7. The highest BCUT2D eigenvalue weighted by Gasteiger charge is 2.33. The summed E-state index contributed by atoms with van der Waals surface area (Å²) in [5.41, 5.74) is 4.96. The molecule has 218 valence electrons. The number of piperazine rings is 1. The molecule has 0 bridgehead atoms. The molecule has 0 saturated carbocycles. The molecule has 2 aromatic heterocycles. The smallest absolute Gasteiger partial charge is 0.350 e. The molecule has 3 aliphatic heterocycles. The van der Waals surface area contributed by atoms with Gasteiger partial charge in [-0.3, -0.25) is 18.9 Å². The molecule has 9 nitrogen and oxygen atoms in total. The van der Waals surface area contributed by atoms with Gasteiger partial charge in [0.05, 0.1) is 23.3 Å². The van der Waals surface area contributed by atoms with Gasteiger partial charge in [0, 0.05) is 85.4 Å². The Morgan fingerprint density at radius 2 is 2.00 bits per heavy atom. The van der Waals surface area contributed by atoms with Crippen LogP contribution in [0.5, 0.6) is 0 Å². The second kappa shape index (κ2) is 10.5. The van der Waals surface area contributed by atoms with E-state index in [0.29, 0.717) is 63.8 Å². The third-order valence-electron chi connectivity index (χ3n) is 8.91. The summed E-state index contributed by atoms with van der Waals surface area (Å²) in [7, 11) is 1.96. The average molecular weight is 588 g/mol. The van der Waals surface area contributed by atoms with Crippen molar-refractivity contribution in [2.75, 3.05) is 56.5 Å². The topological polar surface area (TPSA) is 79.5 Å². The third-order valence-corrected chi connectivity index (χ3v) is 10.1. The lowest BCUT2D eigenvalue weighted by Gasteiger charge is -2.37. The van der Waals surface area contributed by atoms with E-state index in [1.807, 2.05) is 22.5 Å². The van der Waals surface area contributed by atoms with E-state index in [0.717, 1.165) is 43.4 Å². The number of hydrogen-bond donors (Lipinski definition) is 0. The van der Waals surface area contributed by atoms with Gasteiger partial charge in [0.25, 0.3) is 0 Å². The maximum absolute atomic E-state index is 14.1. The Balaban J connectivity index is 1.42. The quantitative estimate of drug-likeness (QED) is 0.329. The van der Waals surface area contributed by atoms with Crippen LogP contribution in [0.3, 0.4) is 0 Å². The van der Waals surface area contributed by atoms with Crippen molar-refractivity contribution < 1.29 is 9.18 Å². The molecule has 2 saturated heterocycles. The lowest BCUT2D eigenvalue weighted by Crippen LogP contribution is -2.49. The number of halogens is 1. The summed E-state index contributed by atoms with van der Waals surface area (Å²) in [6, 6.07) is 8.31. The fourth-order valence-electron chi connectivity index (χ4n) is 6.88. The molecule has 0 aliphatic carbocycles. The van der Waals surface area contributed by atoms with Gasteiger partial charge in [0.15, 0.2) is 0 Å². The first-order valence-corrected chi connectivity index (χ1v) is 15.5. The van der Waals surface area contributed by atoms with E-state index in [1.54, 1.807) is 16.7 Å². The molecule has 4 aromatic rings. The van der Waals surface area contributed by atoms with Crippen LogP contribution in [0.4, 0.5) is 10.2 Å². The van der Waals surface area contributed by atoms with Crippen LogP contribution in [-0.4, -0.2) is 92.8 Å². The van der Waals surface area contributed by atoms with Crippen LogP contribution >= 0.6 is 11.8 Å². The van der Waals surface area contributed by atoms with Crippen LogP contribution in [0.1, 0.15) is 18.0 Å². The van der Waals surface area contributed by atoms with E-state index in [2.05, 4.69) is 52.7 Å². The van der Waals surface area contributed by atoms with Gasteiger partial charge in [-0.25, -0.2) is 9.18 Å². The molecule has 42 heavy (non-hydrogen) atoms. The van der Waals surface area contributed by atoms with Crippen molar-refractivity contribution in [2.24, 2.45) is 7.05 Å². The van der Waals surface area contributed by atoms with Crippen LogP contribution in [0.15, 0.2) is 52.8 Å². The summed E-state index contributed by atoms with van der Waals surface area (Å²) in [6.45, 7) is 9.72. The van der Waals surface area contributed by atoms with Gasteiger partial charge in [-0.2, -0.15) is 10.1 Å². The standard InChI is InChI=1S/C31H34FN7O2S/c1-4-25(40)37-10-12-38(13-11-37)30-24-14-19(2)26(23-7-5-6-20-15-33-35(3)27(20)23)29-28(24)39(31(41)34-30)22(18-42-29)17-36-9-8-21(32)16-36/h4-7,14-15,21-22H,1,8-13,16-18H2,2-3H3. The van der Waals surface area contributed by atoms with E-state index in [9.17, 15) is 14.0 Å². The molecule has 2 unspecified atom stereocenters. The van der Waals surface area contributed by atoms with Crippen LogP contribution < -0.4 is 10.6 Å². The Kier molecular flexibility index (Phi) is 6.81. The van der Waals surface area contributed by atoms with Crippen molar-refractivity contribution in [1.82, 2.24) is 29.1 Å². The molecule has 7 rings (SSSR count). The Bertz CT molecular complexity index is 1790. The first-order valence-electron chi connectivity index (χ1n) is 14.5. The number of thioether (sulfide) groups is 1. The number of aryl methyl sites for hydroxylation is 2. The number of alkyl halides is 1. The number of likely N-dealkylation sites (tertiary alicyclic amines) is 1. The van der Waals surface area contributed by atoms with Gasteiger partial charge in [-0.1, -0.05) is 24.8 Å². The van der Waals surface area contributed by atoms with E-state index >= 15 is 0 Å². The fraction of sp³-hybridized carbons (Fsp3) is 0.419. The van der Waals surface area contributed by atoms with Gasteiger partial charge in [-0.05, 0) is 31.1 Å². The van der Waals surface area contributed by atoms with Gasteiger partial charge in [0.1, 0.15) is 12.0 Å². The van der Waals surface area contributed by atoms with Crippen molar-refractivity contribution in [3.05, 3.63) is 59.2 Å². The maximum Gasteiger partial charge on any atom is 0.350 e. The van der Waals surface area contributed by atoms with E-state index in [4.69, 9.17) is 4.98 Å². The minimum atomic E-state index is -0.814. The van der Waals surface area contributed by atoms with Gasteiger partial charge in [0.2, 0.25) is 5.91 Å². The third kappa shape index (κ3) is 4.41. The second-order valence-corrected chi connectivity index (χ2v) is 12.6. The minimum Gasteiger partial charge on any atom is -0.352 e. The van der Waals surface area contributed by atoms with Crippen molar-refractivity contribution >= 4 is 45.3 Å². The van der Waals surface area contributed by atoms with Gasteiger partial charge in [-0.15, -0.1) is 11.8 Å². The molecule has 2 atom stereocenters. The summed E-state index contributed by atoms with van der Waals surface area (Å²) in [5, 5.41) is 6.52. The lowest BCUT2D eigenvalue weighted by atomic mass is 9.95. The van der Waals surface area contributed by atoms with Crippen molar-refractivity contribution in [1.29, 1.82) is 0 Å². The Labute approximate surface area is 247 Å². The number of aromatic nitrogens is 4. The molecule has 3 aliphatic rings. The molecule has 0 N–H and O–H groups in total. The number of carbonyl (C=O) groups excluding carboxylic acids is 1. The number of benzene rings is 2. The number of rotatable bonds is 5. The molecule has 11 heteroatoms. The normalized spacial score (nSPS) is 21.0. The molecule has 0 spiro atoms. The highest BCUT2D eigenvalue weighted by atomic mass is 32.2. The number of nitrogens with zero attached hydrogens (tertiary/aromatic N) is 7.